The number of halogens is 1. The monoisotopic (exact) mass is 312 g/mol. The van der Waals surface area contributed by atoms with E-state index in [1.54, 1.807) is 13.0 Å². The Bertz CT molecular complexity index is 497. The Morgan fingerprint density at radius 3 is 2.43 bits per heavy atom. The summed E-state index contributed by atoms with van der Waals surface area (Å²) in [6, 6.07) is 1.24. The van der Waals surface area contributed by atoms with Gasteiger partial charge >= 0.3 is 0 Å². The highest BCUT2D eigenvalue weighted by atomic mass is 35.5. The van der Waals surface area contributed by atoms with Crippen molar-refractivity contribution in [2.45, 2.75) is 53.0 Å². The number of aromatic nitrogens is 2. The number of nitrogens with one attached hydrogen (secondary N) is 2. The van der Waals surface area contributed by atoms with Crippen molar-refractivity contribution in [1.82, 2.24) is 15.3 Å². The molecule has 0 aromatic carbocycles. The maximum Gasteiger partial charge on any atom is 0.242 e. The number of rotatable bonds is 5. The molecule has 6 heteroatoms. The van der Waals surface area contributed by atoms with Gasteiger partial charge in [-0.15, -0.1) is 0 Å². The third-order valence-corrected chi connectivity index (χ3v) is 3.00. The molecule has 1 rings (SSSR count). The molecule has 1 unspecified atom stereocenters. The Morgan fingerprint density at radius 2 is 1.90 bits per heavy atom. The molecule has 0 fully saturated rings. The third kappa shape index (κ3) is 5.87. The fourth-order valence-electron chi connectivity index (χ4n) is 1.57. The van der Waals surface area contributed by atoms with Gasteiger partial charge in [0.2, 0.25) is 5.91 Å². The molecule has 1 aromatic heterocycles. The van der Waals surface area contributed by atoms with Crippen molar-refractivity contribution in [2.75, 3.05) is 11.9 Å². The fourth-order valence-corrected chi connectivity index (χ4v) is 1.76. The standard InChI is InChI=1S/C15H25ClN4O/c1-9(2)8-17-13(21)10(3)18-12-7-11(16)19-14(20-12)15(4,5)6/h7,9-10H,8H2,1-6H3,(H,17,21)(H,18,19,20). The lowest BCUT2D eigenvalue weighted by Crippen LogP contribution is -2.39. The van der Waals surface area contributed by atoms with E-state index in [0.29, 0.717) is 29.3 Å². The maximum absolute atomic E-state index is 12.0. The minimum Gasteiger partial charge on any atom is -0.358 e. The first-order valence-corrected chi connectivity index (χ1v) is 7.56. The maximum atomic E-state index is 12.0. The molecule has 0 saturated heterocycles. The van der Waals surface area contributed by atoms with Crippen molar-refractivity contribution in [2.24, 2.45) is 5.92 Å². The van der Waals surface area contributed by atoms with Gasteiger partial charge in [0.1, 0.15) is 22.8 Å². The van der Waals surface area contributed by atoms with E-state index in [2.05, 4.69) is 34.4 Å². The number of nitrogens with zero attached hydrogens (tertiary/aromatic N) is 2. The van der Waals surface area contributed by atoms with E-state index in [9.17, 15) is 4.79 Å². The highest BCUT2D eigenvalue weighted by Gasteiger charge is 2.20. The molecule has 0 spiro atoms. The number of anilines is 1. The summed E-state index contributed by atoms with van der Waals surface area (Å²) in [4.78, 5) is 20.6. The lowest BCUT2D eigenvalue weighted by atomic mass is 9.96. The summed E-state index contributed by atoms with van der Waals surface area (Å²) >= 11 is 6.03. The predicted molar refractivity (Wildman–Crippen MR) is 86.7 cm³/mol. The van der Waals surface area contributed by atoms with E-state index < -0.39 is 0 Å². The Morgan fingerprint density at radius 1 is 1.29 bits per heavy atom. The quantitative estimate of drug-likeness (QED) is 0.820. The Labute approximate surface area is 131 Å². The predicted octanol–water partition coefficient (Wildman–Crippen LogP) is 3.00. The number of carbonyl (C=O) groups excluding carboxylic acids is 1. The highest BCUT2D eigenvalue weighted by Crippen LogP contribution is 2.22. The van der Waals surface area contributed by atoms with Crippen LogP contribution in [0.25, 0.3) is 0 Å². The molecule has 1 heterocycles. The van der Waals surface area contributed by atoms with E-state index >= 15 is 0 Å². The Kier molecular flexibility index (Phi) is 5.96. The fraction of sp³-hybridized carbons (Fsp3) is 0.667. The number of hydrogen-bond acceptors (Lipinski definition) is 4. The zero-order valence-corrected chi connectivity index (χ0v) is 14.4. The zero-order chi connectivity index (χ0) is 16.2. The molecule has 1 aromatic rings. The van der Waals surface area contributed by atoms with Crippen LogP contribution in [0.1, 0.15) is 47.4 Å². The summed E-state index contributed by atoms with van der Waals surface area (Å²) in [5, 5.41) is 6.32. The summed E-state index contributed by atoms with van der Waals surface area (Å²) in [6.45, 7) is 12.6. The van der Waals surface area contributed by atoms with Gasteiger partial charge in [-0.05, 0) is 12.8 Å². The normalized spacial score (nSPS) is 13.1. The van der Waals surface area contributed by atoms with Gasteiger partial charge in [-0.25, -0.2) is 9.97 Å². The van der Waals surface area contributed by atoms with Gasteiger partial charge in [0.15, 0.2) is 0 Å². The van der Waals surface area contributed by atoms with Crippen molar-refractivity contribution in [3.8, 4) is 0 Å². The zero-order valence-electron chi connectivity index (χ0n) is 13.6. The minimum atomic E-state index is -0.387. The Hall–Kier alpha value is -1.36. The van der Waals surface area contributed by atoms with Crippen LogP contribution in [0.2, 0.25) is 5.15 Å². The van der Waals surface area contributed by atoms with Crippen LogP contribution in [-0.4, -0.2) is 28.5 Å². The minimum absolute atomic E-state index is 0.0595. The molecule has 1 amide bonds. The van der Waals surface area contributed by atoms with Gasteiger partial charge in [0.05, 0.1) is 0 Å². The molecule has 0 aliphatic carbocycles. The second-order valence-electron chi connectivity index (χ2n) is 6.65. The molecular formula is C15H25ClN4O. The van der Waals surface area contributed by atoms with Crippen molar-refractivity contribution in [3.05, 3.63) is 17.0 Å². The van der Waals surface area contributed by atoms with E-state index in [1.807, 2.05) is 20.8 Å². The Balaban J connectivity index is 2.78. The summed E-state index contributed by atoms with van der Waals surface area (Å²) in [5.41, 5.74) is -0.204. The molecule has 118 valence electrons. The largest absolute Gasteiger partial charge is 0.358 e. The number of amides is 1. The molecule has 21 heavy (non-hydrogen) atoms. The molecule has 0 aliphatic rings. The summed E-state index contributed by atoms with van der Waals surface area (Å²) in [5.74, 6) is 1.57. The van der Waals surface area contributed by atoms with E-state index in [-0.39, 0.29) is 17.4 Å². The summed E-state index contributed by atoms with van der Waals surface area (Å²) < 4.78 is 0. The van der Waals surface area contributed by atoms with Crippen LogP contribution in [0, 0.1) is 5.92 Å². The number of hydrogen-bond donors (Lipinski definition) is 2. The first-order chi connectivity index (χ1) is 9.59. The van der Waals surface area contributed by atoms with Crippen LogP contribution in [-0.2, 0) is 10.2 Å². The van der Waals surface area contributed by atoms with Gasteiger partial charge in [-0.2, -0.15) is 0 Å². The summed E-state index contributed by atoms with van der Waals surface area (Å²) in [6.07, 6.45) is 0. The van der Waals surface area contributed by atoms with Gasteiger partial charge in [0, 0.05) is 18.0 Å². The van der Waals surface area contributed by atoms with Gasteiger partial charge < -0.3 is 10.6 Å². The second kappa shape index (κ2) is 7.07. The summed E-state index contributed by atoms with van der Waals surface area (Å²) in [7, 11) is 0. The van der Waals surface area contributed by atoms with Crippen LogP contribution in [0.3, 0.4) is 0 Å². The first kappa shape index (κ1) is 17.7. The topological polar surface area (TPSA) is 66.9 Å². The van der Waals surface area contributed by atoms with Crippen molar-refractivity contribution in [1.29, 1.82) is 0 Å². The van der Waals surface area contributed by atoms with Gasteiger partial charge in [-0.1, -0.05) is 46.2 Å². The van der Waals surface area contributed by atoms with Crippen LogP contribution < -0.4 is 10.6 Å². The molecule has 0 radical (unpaired) electrons. The average molecular weight is 313 g/mol. The molecular weight excluding hydrogens is 288 g/mol. The van der Waals surface area contributed by atoms with Crippen LogP contribution in [0.5, 0.6) is 0 Å². The highest BCUT2D eigenvalue weighted by molar-refractivity contribution is 6.29. The van der Waals surface area contributed by atoms with Crippen molar-refractivity contribution >= 4 is 23.3 Å². The van der Waals surface area contributed by atoms with Gasteiger partial charge in [0.25, 0.3) is 0 Å². The van der Waals surface area contributed by atoms with Crippen LogP contribution in [0.15, 0.2) is 6.07 Å². The second-order valence-corrected chi connectivity index (χ2v) is 7.04. The molecule has 5 nitrogen and oxygen atoms in total. The average Bonchev–Trinajstić information content (AvgIpc) is 2.33. The molecule has 0 bridgehead atoms. The molecule has 2 N–H and O–H groups in total. The first-order valence-electron chi connectivity index (χ1n) is 7.19. The van der Waals surface area contributed by atoms with Crippen molar-refractivity contribution < 1.29 is 4.79 Å². The van der Waals surface area contributed by atoms with Gasteiger partial charge in [-0.3, -0.25) is 4.79 Å². The van der Waals surface area contributed by atoms with Crippen LogP contribution >= 0.6 is 11.6 Å². The van der Waals surface area contributed by atoms with Crippen LogP contribution in [0.4, 0.5) is 5.82 Å². The smallest absolute Gasteiger partial charge is 0.242 e. The van der Waals surface area contributed by atoms with Crippen molar-refractivity contribution in [3.63, 3.8) is 0 Å². The van der Waals surface area contributed by atoms with E-state index in [4.69, 9.17) is 11.6 Å². The lowest BCUT2D eigenvalue weighted by molar-refractivity contribution is -0.121. The molecule has 1 atom stereocenters. The lowest BCUT2D eigenvalue weighted by Gasteiger charge is -2.20. The van der Waals surface area contributed by atoms with E-state index in [0.717, 1.165) is 0 Å². The third-order valence-electron chi connectivity index (χ3n) is 2.81. The SMILES string of the molecule is CC(C)CNC(=O)C(C)Nc1cc(Cl)nc(C(C)(C)C)n1. The van der Waals surface area contributed by atoms with E-state index in [1.165, 1.54) is 0 Å². The number of carbonyl (C=O) groups is 1. The molecule has 0 saturated carbocycles. The molecule has 0 aliphatic heterocycles.